The van der Waals surface area contributed by atoms with Crippen LogP contribution in [0.3, 0.4) is 0 Å². The highest BCUT2D eigenvalue weighted by molar-refractivity contribution is 6.31. The molecule has 1 aromatic heterocycles. The van der Waals surface area contributed by atoms with Crippen molar-refractivity contribution < 1.29 is 4.39 Å². The predicted molar refractivity (Wildman–Crippen MR) is 53.7 cm³/mol. The second-order valence-corrected chi connectivity index (χ2v) is 3.41. The molecule has 1 heterocycles. The molecule has 0 spiro atoms. The number of benzene rings is 1. The smallest absolute Gasteiger partial charge is 0.141 e. The van der Waals surface area contributed by atoms with Crippen LogP contribution < -0.4 is 0 Å². The second kappa shape index (κ2) is 3.42. The zero-order chi connectivity index (χ0) is 10.1. The van der Waals surface area contributed by atoms with E-state index >= 15 is 0 Å². The molecule has 4 heteroatoms. The Labute approximate surface area is 85.8 Å². The molecule has 0 aliphatic carbocycles. The van der Waals surface area contributed by atoms with Crippen molar-refractivity contribution in [3.8, 4) is 11.3 Å². The minimum atomic E-state index is -0.413. The van der Waals surface area contributed by atoms with Crippen molar-refractivity contribution in [2.75, 3.05) is 0 Å². The standard InChI is InChI=1S/C10H8ClFN2/c1-6-10(14-5-13-6)7-2-3-9(12)8(11)4-7/h2-5H,1H3,(H,13,14). The minimum Gasteiger partial charge on any atom is -0.348 e. The third-order valence-electron chi connectivity index (χ3n) is 2.02. The average Bonchev–Trinajstić information content (AvgIpc) is 2.57. The quantitative estimate of drug-likeness (QED) is 0.770. The van der Waals surface area contributed by atoms with Crippen molar-refractivity contribution in [1.29, 1.82) is 0 Å². The Kier molecular flexibility index (Phi) is 2.25. The predicted octanol–water partition coefficient (Wildman–Crippen LogP) is 3.18. The zero-order valence-electron chi connectivity index (χ0n) is 7.51. The molecule has 0 aliphatic heterocycles. The van der Waals surface area contributed by atoms with Crippen molar-refractivity contribution in [2.45, 2.75) is 6.92 Å². The molecular weight excluding hydrogens is 203 g/mol. The first-order valence-corrected chi connectivity index (χ1v) is 4.51. The van der Waals surface area contributed by atoms with E-state index in [0.29, 0.717) is 0 Å². The number of hydrogen-bond donors (Lipinski definition) is 1. The molecule has 2 rings (SSSR count). The molecule has 2 nitrogen and oxygen atoms in total. The second-order valence-electron chi connectivity index (χ2n) is 3.01. The lowest BCUT2D eigenvalue weighted by atomic mass is 10.1. The first kappa shape index (κ1) is 9.21. The van der Waals surface area contributed by atoms with Crippen LogP contribution in [-0.2, 0) is 0 Å². The van der Waals surface area contributed by atoms with Crippen LogP contribution in [-0.4, -0.2) is 9.97 Å². The molecule has 0 aliphatic rings. The van der Waals surface area contributed by atoms with Crippen molar-refractivity contribution in [3.63, 3.8) is 0 Å². The molecular formula is C10H8ClFN2. The third-order valence-corrected chi connectivity index (χ3v) is 2.31. The van der Waals surface area contributed by atoms with E-state index in [0.717, 1.165) is 17.0 Å². The SMILES string of the molecule is Cc1[nH]cnc1-c1ccc(F)c(Cl)c1. The largest absolute Gasteiger partial charge is 0.348 e. The summed E-state index contributed by atoms with van der Waals surface area (Å²) in [5, 5.41) is 0.116. The molecule has 14 heavy (non-hydrogen) atoms. The van der Waals surface area contributed by atoms with Crippen molar-refractivity contribution in [2.24, 2.45) is 0 Å². The molecule has 0 bridgehead atoms. The highest BCUT2D eigenvalue weighted by atomic mass is 35.5. The molecule has 0 fully saturated rings. The minimum absolute atomic E-state index is 0.116. The number of aromatic nitrogens is 2. The maximum absolute atomic E-state index is 12.9. The van der Waals surface area contributed by atoms with Gasteiger partial charge in [-0.25, -0.2) is 9.37 Å². The molecule has 2 aromatic rings. The number of H-pyrrole nitrogens is 1. The number of nitrogens with one attached hydrogen (secondary N) is 1. The maximum Gasteiger partial charge on any atom is 0.141 e. The van der Waals surface area contributed by atoms with Gasteiger partial charge in [0.25, 0.3) is 0 Å². The van der Waals surface area contributed by atoms with Crippen molar-refractivity contribution in [1.82, 2.24) is 9.97 Å². The van der Waals surface area contributed by atoms with Crippen LogP contribution >= 0.6 is 11.6 Å². The highest BCUT2D eigenvalue weighted by Gasteiger charge is 2.06. The lowest BCUT2D eigenvalue weighted by molar-refractivity contribution is 0.628. The van der Waals surface area contributed by atoms with E-state index in [1.54, 1.807) is 18.5 Å². The summed E-state index contributed by atoms with van der Waals surface area (Å²) in [4.78, 5) is 7.07. The Morgan fingerprint density at radius 1 is 1.43 bits per heavy atom. The van der Waals surface area contributed by atoms with Gasteiger partial charge >= 0.3 is 0 Å². The summed E-state index contributed by atoms with van der Waals surface area (Å²) >= 11 is 5.67. The molecule has 0 saturated carbocycles. The zero-order valence-corrected chi connectivity index (χ0v) is 8.27. The number of rotatable bonds is 1. The summed E-state index contributed by atoms with van der Waals surface area (Å²) in [6.45, 7) is 1.90. The summed E-state index contributed by atoms with van der Waals surface area (Å²) in [5.41, 5.74) is 2.55. The maximum atomic E-state index is 12.9. The van der Waals surface area contributed by atoms with Crippen LogP contribution in [0.1, 0.15) is 5.69 Å². The Morgan fingerprint density at radius 2 is 2.21 bits per heavy atom. The van der Waals surface area contributed by atoms with Gasteiger partial charge in [0, 0.05) is 11.3 Å². The van der Waals surface area contributed by atoms with Gasteiger partial charge in [-0.1, -0.05) is 11.6 Å². The Hall–Kier alpha value is -1.35. The third kappa shape index (κ3) is 1.51. The summed E-state index contributed by atoms with van der Waals surface area (Å²) in [6.07, 6.45) is 1.60. The van der Waals surface area contributed by atoms with Crippen LogP contribution in [0.2, 0.25) is 5.02 Å². The number of nitrogens with zero attached hydrogens (tertiary/aromatic N) is 1. The van der Waals surface area contributed by atoms with E-state index < -0.39 is 5.82 Å². The number of aromatic amines is 1. The number of aryl methyl sites for hydroxylation is 1. The van der Waals surface area contributed by atoms with E-state index in [-0.39, 0.29) is 5.02 Å². The van der Waals surface area contributed by atoms with E-state index in [2.05, 4.69) is 9.97 Å². The van der Waals surface area contributed by atoms with Gasteiger partial charge in [0.1, 0.15) is 5.82 Å². The average molecular weight is 211 g/mol. The lowest BCUT2D eigenvalue weighted by Crippen LogP contribution is -1.83. The topological polar surface area (TPSA) is 28.7 Å². The van der Waals surface area contributed by atoms with Gasteiger partial charge in [-0.05, 0) is 25.1 Å². The lowest BCUT2D eigenvalue weighted by Gasteiger charge is -2.00. The van der Waals surface area contributed by atoms with Crippen LogP contribution in [0, 0.1) is 12.7 Å². The van der Waals surface area contributed by atoms with E-state index in [1.807, 2.05) is 6.92 Å². The van der Waals surface area contributed by atoms with Gasteiger partial charge in [0.15, 0.2) is 0 Å². The summed E-state index contributed by atoms with van der Waals surface area (Å²) in [7, 11) is 0. The van der Waals surface area contributed by atoms with Crippen molar-refractivity contribution >= 4 is 11.6 Å². The fraction of sp³-hybridized carbons (Fsp3) is 0.100. The van der Waals surface area contributed by atoms with Crippen molar-refractivity contribution in [3.05, 3.63) is 41.1 Å². The van der Waals surface area contributed by atoms with Gasteiger partial charge in [0.2, 0.25) is 0 Å². The fourth-order valence-corrected chi connectivity index (χ4v) is 1.47. The molecule has 0 radical (unpaired) electrons. The molecule has 0 amide bonds. The monoisotopic (exact) mass is 210 g/mol. The summed E-state index contributed by atoms with van der Waals surface area (Å²) in [6, 6.07) is 4.57. The Morgan fingerprint density at radius 3 is 2.79 bits per heavy atom. The van der Waals surface area contributed by atoms with Crippen LogP contribution in [0.5, 0.6) is 0 Å². The first-order valence-electron chi connectivity index (χ1n) is 4.14. The van der Waals surface area contributed by atoms with Crippen LogP contribution in [0.25, 0.3) is 11.3 Å². The van der Waals surface area contributed by atoms with Gasteiger partial charge < -0.3 is 4.98 Å². The normalized spacial score (nSPS) is 10.5. The van der Waals surface area contributed by atoms with E-state index in [4.69, 9.17) is 11.6 Å². The fourth-order valence-electron chi connectivity index (χ4n) is 1.29. The Balaban J connectivity index is 2.53. The van der Waals surface area contributed by atoms with Crippen LogP contribution in [0.15, 0.2) is 24.5 Å². The van der Waals surface area contributed by atoms with Gasteiger partial charge in [0.05, 0.1) is 17.0 Å². The van der Waals surface area contributed by atoms with Gasteiger partial charge in [-0.3, -0.25) is 0 Å². The number of hydrogen-bond acceptors (Lipinski definition) is 1. The van der Waals surface area contributed by atoms with E-state index in [1.165, 1.54) is 6.07 Å². The molecule has 0 unspecified atom stereocenters. The van der Waals surface area contributed by atoms with Gasteiger partial charge in [-0.15, -0.1) is 0 Å². The summed E-state index contributed by atoms with van der Waals surface area (Å²) in [5.74, 6) is -0.413. The number of halogens is 2. The Bertz CT molecular complexity index is 465. The van der Waals surface area contributed by atoms with E-state index in [9.17, 15) is 4.39 Å². The molecule has 72 valence electrons. The highest BCUT2D eigenvalue weighted by Crippen LogP contribution is 2.24. The molecule has 0 saturated heterocycles. The first-order chi connectivity index (χ1) is 6.68. The van der Waals surface area contributed by atoms with Crippen LogP contribution in [0.4, 0.5) is 4.39 Å². The summed E-state index contributed by atoms with van der Waals surface area (Å²) < 4.78 is 12.9. The van der Waals surface area contributed by atoms with Gasteiger partial charge in [-0.2, -0.15) is 0 Å². The molecule has 1 aromatic carbocycles. The molecule has 1 N–H and O–H groups in total. The molecule has 0 atom stereocenters. The number of imidazole rings is 1.